The van der Waals surface area contributed by atoms with Crippen molar-refractivity contribution in [1.29, 1.82) is 0 Å². The molecule has 4 nitrogen and oxygen atoms in total. The lowest BCUT2D eigenvalue weighted by Crippen LogP contribution is -2.08. The second-order valence-electron chi connectivity index (χ2n) is 4.57. The van der Waals surface area contributed by atoms with Gasteiger partial charge in [-0.3, -0.25) is 0 Å². The van der Waals surface area contributed by atoms with Gasteiger partial charge in [0, 0.05) is 17.3 Å². The monoisotopic (exact) mass is 309 g/mol. The molecule has 0 spiro atoms. The molecule has 0 saturated carbocycles. The molecule has 1 atom stereocenters. The average molecular weight is 310 g/mol. The molecule has 21 heavy (non-hydrogen) atoms. The van der Waals surface area contributed by atoms with E-state index >= 15 is 0 Å². The van der Waals surface area contributed by atoms with Crippen LogP contribution in [0.1, 0.15) is 28.9 Å². The van der Waals surface area contributed by atoms with Crippen molar-refractivity contribution in [3.05, 3.63) is 58.4 Å². The first-order valence-corrected chi connectivity index (χ1v) is 6.54. The molecule has 1 unspecified atom stereocenters. The number of rotatable bonds is 4. The Bertz CT molecular complexity index is 691. The van der Waals surface area contributed by atoms with Crippen molar-refractivity contribution >= 4 is 23.3 Å². The standard InChI is InChI=1S/C15H13ClFNO3/c1-8(11-4-2-9(17)6-14(11)19)18-10-3-5-13(16)12(7-10)15(20)21/h2-8,18-19H,1H3,(H,20,21). The summed E-state index contributed by atoms with van der Waals surface area (Å²) < 4.78 is 13.0. The maximum atomic E-state index is 13.0. The first kappa shape index (κ1) is 15.1. The molecule has 2 aromatic carbocycles. The third kappa shape index (κ3) is 3.44. The number of phenols is 1. The van der Waals surface area contributed by atoms with Crippen molar-refractivity contribution in [3.8, 4) is 5.75 Å². The van der Waals surface area contributed by atoms with Gasteiger partial charge in [-0.2, -0.15) is 0 Å². The molecular formula is C15H13ClFNO3. The number of anilines is 1. The highest BCUT2D eigenvalue weighted by Crippen LogP contribution is 2.29. The number of carbonyl (C=O) groups is 1. The zero-order chi connectivity index (χ0) is 15.6. The molecular weight excluding hydrogens is 297 g/mol. The van der Waals surface area contributed by atoms with Crippen LogP contribution < -0.4 is 5.32 Å². The molecule has 0 heterocycles. The second-order valence-corrected chi connectivity index (χ2v) is 4.98. The maximum absolute atomic E-state index is 13.0. The summed E-state index contributed by atoms with van der Waals surface area (Å²) in [5, 5.41) is 21.9. The minimum absolute atomic E-state index is 0.0165. The van der Waals surface area contributed by atoms with E-state index in [1.54, 1.807) is 13.0 Å². The first-order chi connectivity index (χ1) is 9.88. The number of hydrogen-bond acceptors (Lipinski definition) is 3. The minimum atomic E-state index is -1.12. The molecule has 2 aromatic rings. The summed E-state index contributed by atoms with van der Waals surface area (Å²) in [4.78, 5) is 11.0. The van der Waals surface area contributed by atoms with Gasteiger partial charge in [0.2, 0.25) is 0 Å². The summed E-state index contributed by atoms with van der Waals surface area (Å²) in [5.74, 6) is -1.81. The Morgan fingerprint density at radius 3 is 2.62 bits per heavy atom. The highest BCUT2D eigenvalue weighted by Gasteiger charge is 2.13. The van der Waals surface area contributed by atoms with Crippen LogP contribution in [0.4, 0.5) is 10.1 Å². The third-order valence-electron chi connectivity index (χ3n) is 3.04. The van der Waals surface area contributed by atoms with E-state index in [0.29, 0.717) is 11.3 Å². The molecule has 3 N–H and O–H groups in total. The molecule has 0 radical (unpaired) electrons. The molecule has 0 amide bonds. The fourth-order valence-electron chi connectivity index (χ4n) is 1.99. The molecule has 0 saturated heterocycles. The molecule has 0 fully saturated rings. The van der Waals surface area contributed by atoms with Crippen molar-refractivity contribution < 1.29 is 19.4 Å². The van der Waals surface area contributed by atoms with E-state index in [9.17, 15) is 14.3 Å². The number of aromatic carboxylic acids is 1. The summed E-state index contributed by atoms with van der Waals surface area (Å²) in [6.07, 6.45) is 0. The fourth-order valence-corrected chi connectivity index (χ4v) is 2.19. The van der Waals surface area contributed by atoms with E-state index in [1.807, 2.05) is 0 Å². The van der Waals surface area contributed by atoms with Crippen molar-refractivity contribution in [3.63, 3.8) is 0 Å². The SMILES string of the molecule is CC(Nc1ccc(Cl)c(C(=O)O)c1)c1ccc(F)cc1O. The third-order valence-corrected chi connectivity index (χ3v) is 3.37. The van der Waals surface area contributed by atoms with Crippen molar-refractivity contribution in [2.24, 2.45) is 0 Å². The average Bonchev–Trinajstić information content (AvgIpc) is 2.40. The number of carboxylic acids is 1. The Balaban J connectivity index is 2.25. The van der Waals surface area contributed by atoms with Gasteiger partial charge in [0.05, 0.1) is 16.6 Å². The predicted octanol–water partition coefficient (Wildman–Crippen LogP) is 4.06. The van der Waals surface area contributed by atoms with Gasteiger partial charge < -0.3 is 15.5 Å². The van der Waals surface area contributed by atoms with E-state index in [1.165, 1.54) is 24.3 Å². The van der Waals surface area contributed by atoms with E-state index in [0.717, 1.165) is 6.07 Å². The van der Waals surface area contributed by atoms with E-state index in [4.69, 9.17) is 16.7 Å². The fraction of sp³-hybridized carbons (Fsp3) is 0.133. The Hall–Kier alpha value is -2.27. The maximum Gasteiger partial charge on any atom is 0.337 e. The second kappa shape index (κ2) is 6.01. The molecule has 0 bridgehead atoms. The lowest BCUT2D eigenvalue weighted by molar-refractivity contribution is 0.0697. The van der Waals surface area contributed by atoms with Gasteiger partial charge in [0.25, 0.3) is 0 Å². The number of nitrogens with one attached hydrogen (secondary N) is 1. The van der Waals surface area contributed by atoms with Crippen LogP contribution in [0.2, 0.25) is 5.02 Å². The van der Waals surface area contributed by atoms with Gasteiger partial charge in [-0.15, -0.1) is 0 Å². The van der Waals surface area contributed by atoms with Crippen LogP contribution in [0, 0.1) is 5.82 Å². The van der Waals surface area contributed by atoms with Gasteiger partial charge in [0.15, 0.2) is 0 Å². The number of hydrogen-bond donors (Lipinski definition) is 3. The van der Waals surface area contributed by atoms with Crippen LogP contribution >= 0.6 is 11.6 Å². The van der Waals surface area contributed by atoms with Crippen LogP contribution in [-0.2, 0) is 0 Å². The lowest BCUT2D eigenvalue weighted by atomic mass is 10.1. The number of carboxylic acid groups (broad SMARTS) is 1. The Kier molecular flexibility index (Phi) is 4.33. The highest BCUT2D eigenvalue weighted by molar-refractivity contribution is 6.33. The summed E-state index contributed by atoms with van der Waals surface area (Å²) in [6.45, 7) is 1.77. The molecule has 0 aliphatic carbocycles. The highest BCUT2D eigenvalue weighted by atomic mass is 35.5. The summed E-state index contributed by atoms with van der Waals surface area (Å²) >= 11 is 5.80. The van der Waals surface area contributed by atoms with Gasteiger partial charge in [-0.05, 0) is 31.2 Å². The lowest BCUT2D eigenvalue weighted by Gasteiger charge is -2.17. The molecule has 0 aromatic heterocycles. The van der Waals surface area contributed by atoms with Gasteiger partial charge in [-0.25, -0.2) is 9.18 Å². The zero-order valence-corrected chi connectivity index (χ0v) is 11.9. The van der Waals surface area contributed by atoms with Crippen molar-refractivity contribution in [1.82, 2.24) is 0 Å². The van der Waals surface area contributed by atoms with Gasteiger partial charge in [-0.1, -0.05) is 17.7 Å². The van der Waals surface area contributed by atoms with E-state index in [-0.39, 0.29) is 22.4 Å². The number of phenolic OH excluding ortho intramolecular Hbond substituents is 1. The summed E-state index contributed by atoms with van der Waals surface area (Å²) in [5.41, 5.74) is 1.02. The Labute approximate surface area is 125 Å². The van der Waals surface area contributed by atoms with E-state index < -0.39 is 11.8 Å². The van der Waals surface area contributed by atoms with Crippen LogP contribution in [0.15, 0.2) is 36.4 Å². The predicted molar refractivity (Wildman–Crippen MR) is 78.5 cm³/mol. The van der Waals surface area contributed by atoms with Crippen LogP contribution in [-0.4, -0.2) is 16.2 Å². The topological polar surface area (TPSA) is 69.6 Å². The first-order valence-electron chi connectivity index (χ1n) is 6.16. The number of aromatic hydroxyl groups is 1. The smallest absolute Gasteiger partial charge is 0.337 e. The zero-order valence-electron chi connectivity index (χ0n) is 11.1. The molecule has 0 aliphatic heterocycles. The minimum Gasteiger partial charge on any atom is -0.507 e. The molecule has 2 rings (SSSR count). The molecule has 6 heteroatoms. The van der Waals surface area contributed by atoms with Gasteiger partial charge >= 0.3 is 5.97 Å². The number of benzene rings is 2. The van der Waals surface area contributed by atoms with E-state index in [2.05, 4.69) is 5.32 Å². The van der Waals surface area contributed by atoms with Crippen molar-refractivity contribution in [2.45, 2.75) is 13.0 Å². The molecule has 110 valence electrons. The van der Waals surface area contributed by atoms with Crippen LogP contribution in [0.3, 0.4) is 0 Å². The van der Waals surface area contributed by atoms with Crippen LogP contribution in [0.25, 0.3) is 0 Å². The molecule has 0 aliphatic rings. The van der Waals surface area contributed by atoms with Crippen molar-refractivity contribution in [2.75, 3.05) is 5.32 Å². The largest absolute Gasteiger partial charge is 0.507 e. The Morgan fingerprint density at radius 2 is 2.00 bits per heavy atom. The van der Waals surface area contributed by atoms with Gasteiger partial charge in [0.1, 0.15) is 11.6 Å². The number of halogens is 2. The van der Waals surface area contributed by atoms with Crippen LogP contribution in [0.5, 0.6) is 5.75 Å². The summed E-state index contributed by atoms with van der Waals surface area (Å²) in [7, 11) is 0. The quantitative estimate of drug-likeness (QED) is 0.796. The normalized spacial score (nSPS) is 12.0. The summed E-state index contributed by atoms with van der Waals surface area (Å²) in [6, 6.07) is 7.91. The Morgan fingerprint density at radius 1 is 1.29 bits per heavy atom.